The summed E-state index contributed by atoms with van der Waals surface area (Å²) in [6.07, 6.45) is 1.69. The smallest absolute Gasteiger partial charge is 0.245 e. The van der Waals surface area contributed by atoms with Crippen molar-refractivity contribution >= 4 is 38.8 Å². The summed E-state index contributed by atoms with van der Waals surface area (Å²) < 4.78 is 30.2. The predicted octanol–water partition coefficient (Wildman–Crippen LogP) is 5.47. The van der Waals surface area contributed by atoms with Gasteiger partial charge in [0.2, 0.25) is 21.9 Å². The highest BCUT2D eigenvalue weighted by Crippen LogP contribution is 2.33. The molecule has 0 radical (unpaired) electrons. The molecule has 38 heavy (non-hydrogen) atoms. The normalized spacial score (nSPS) is 12.5. The summed E-state index contributed by atoms with van der Waals surface area (Å²) in [5.74, 6) is 0.203. The first-order valence-corrected chi connectivity index (χ1v) is 13.8. The summed E-state index contributed by atoms with van der Waals surface area (Å²) in [4.78, 5) is 16.4. The molecule has 0 bridgehead atoms. The molecule has 0 spiro atoms. The van der Waals surface area contributed by atoms with Crippen molar-refractivity contribution in [2.75, 3.05) is 10.6 Å². The number of hydrogen-bond donors (Lipinski definition) is 3. The maximum Gasteiger partial charge on any atom is 0.245 e. The molecule has 0 aliphatic carbocycles. The van der Waals surface area contributed by atoms with E-state index in [1.165, 1.54) is 6.92 Å². The molecule has 0 fully saturated rings. The van der Waals surface area contributed by atoms with E-state index >= 15 is 0 Å². The van der Waals surface area contributed by atoms with Gasteiger partial charge in [-0.15, -0.1) is 5.10 Å². The Bertz CT molecular complexity index is 1610. The highest BCUT2D eigenvalue weighted by Gasteiger charge is 2.23. The standard InChI is InChI=1S/C28H34N6O3S/c1-18(35)30-24-16-20(11-13-23(24)27(2,3)4)31-26-29-17-21-12-14-25(34(21)32-26)19-9-8-10-22(15-19)38(36,37)33-28(5,6)7/h8-17,33H,1-7H3,(H,30,35)(H,31,32). The Morgan fingerprint density at radius 2 is 1.68 bits per heavy atom. The molecule has 3 N–H and O–H groups in total. The van der Waals surface area contributed by atoms with Crippen LogP contribution in [0.15, 0.2) is 65.7 Å². The molecule has 1 amide bonds. The second-order valence-electron chi connectivity index (χ2n) is 11.3. The fraction of sp³-hybridized carbons (Fsp3) is 0.321. The maximum absolute atomic E-state index is 12.9. The summed E-state index contributed by atoms with van der Waals surface area (Å²) in [5, 5.41) is 10.8. The van der Waals surface area contributed by atoms with Gasteiger partial charge in [-0.1, -0.05) is 39.0 Å². The van der Waals surface area contributed by atoms with Crippen molar-refractivity contribution in [1.82, 2.24) is 19.3 Å². The number of nitrogens with one attached hydrogen (secondary N) is 3. The Labute approximate surface area is 223 Å². The largest absolute Gasteiger partial charge is 0.326 e. The second-order valence-corrected chi connectivity index (χ2v) is 13.0. The van der Waals surface area contributed by atoms with Crippen molar-refractivity contribution in [1.29, 1.82) is 0 Å². The van der Waals surface area contributed by atoms with E-state index < -0.39 is 15.6 Å². The third-order valence-electron chi connectivity index (χ3n) is 5.67. The lowest BCUT2D eigenvalue weighted by Crippen LogP contribution is -2.40. The Kier molecular flexibility index (Phi) is 7.07. The third kappa shape index (κ3) is 6.20. The Morgan fingerprint density at radius 1 is 0.947 bits per heavy atom. The molecule has 0 saturated heterocycles. The van der Waals surface area contributed by atoms with Gasteiger partial charge in [-0.05, 0) is 68.1 Å². The number of amides is 1. The van der Waals surface area contributed by atoms with Gasteiger partial charge in [0.15, 0.2) is 0 Å². The molecule has 4 rings (SSSR count). The minimum absolute atomic E-state index is 0.149. The van der Waals surface area contributed by atoms with Crippen LogP contribution >= 0.6 is 0 Å². The first-order chi connectivity index (χ1) is 17.6. The van der Waals surface area contributed by atoms with Crippen LogP contribution in [-0.4, -0.2) is 34.5 Å². The lowest BCUT2D eigenvalue weighted by molar-refractivity contribution is -0.114. The van der Waals surface area contributed by atoms with Crippen molar-refractivity contribution in [3.63, 3.8) is 0 Å². The number of hydrogen-bond acceptors (Lipinski definition) is 6. The number of sulfonamides is 1. The van der Waals surface area contributed by atoms with Crippen LogP contribution in [0.3, 0.4) is 0 Å². The lowest BCUT2D eigenvalue weighted by atomic mass is 9.85. The predicted molar refractivity (Wildman–Crippen MR) is 151 cm³/mol. The minimum Gasteiger partial charge on any atom is -0.326 e. The molecule has 2 aromatic heterocycles. The van der Waals surface area contributed by atoms with Crippen molar-refractivity contribution in [3.05, 3.63) is 66.4 Å². The van der Waals surface area contributed by atoms with E-state index in [-0.39, 0.29) is 16.2 Å². The zero-order valence-corrected chi connectivity index (χ0v) is 23.6. The summed E-state index contributed by atoms with van der Waals surface area (Å²) in [6, 6.07) is 16.3. The monoisotopic (exact) mass is 534 g/mol. The maximum atomic E-state index is 12.9. The summed E-state index contributed by atoms with van der Waals surface area (Å²) >= 11 is 0. The van der Waals surface area contributed by atoms with E-state index in [1.54, 1.807) is 49.7 Å². The van der Waals surface area contributed by atoms with Crippen LogP contribution < -0.4 is 15.4 Å². The molecule has 2 aromatic carbocycles. The van der Waals surface area contributed by atoms with Gasteiger partial charge in [0.25, 0.3) is 0 Å². The SMILES string of the molecule is CC(=O)Nc1cc(Nc2ncc3ccc(-c4cccc(S(=O)(=O)NC(C)(C)C)c4)n3n2)ccc1C(C)(C)C. The van der Waals surface area contributed by atoms with Crippen molar-refractivity contribution < 1.29 is 13.2 Å². The zero-order valence-electron chi connectivity index (χ0n) is 22.7. The van der Waals surface area contributed by atoms with E-state index in [4.69, 9.17) is 0 Å². The van der Waals surface area contributed by atoms with Gasteiger partial charge in [0, 0.05) is 29.4 Å². The van der Waals surface area contributed by atoms with Crippen LogP contribution in [0.1, 0.15) is 54.0 Å². The lowest BCUT2D eigenvalue weighted by Gasteiger charge is -2.23. The van der Waals surface area contributed by atoms with Crippen LogP contribution in [0.2, 0.25) is 0 Å². The molecule has 4 aromatic rings. The number of carbonyl (C=O) groups is 1. The van der Waals surface area contributed by atoms with Gasteiger partial charge in [-0.25, -0.2) is 22.6 Å². The van der Waals surface area contributed by atoms with Crippen LogP contribution in [-0.2, 0) is 20.2 Å². The number of anilines is 3. The average Bonchev–Trinajstić information content (AvgIpc) is 3.20. The van der Waals surface area contributed by atoms with Gasteiger partial charge >= 0.3 is 0 Å². The fourth-order valence-corrected chi connectivity index (χ4v) is 5.62. The minimum atomic E-state index is -3.69. The topological polar surface area (TPSA) is 117 Å². The highest BCUT2D eigenvalue weighted by molar-refractivity contribution is 7.89. The third-order valence-corrected chi connectivity index (χ3v) is 7.43. The van der Waals surface area contributed by atoms with Crippen molar-refractivity contribution in [2.45, 2.75) is 64.3 Å². The van der Waals surface area contributed by atoms with Gasteiger partial charge in [0.1, 0.15) is 0 Å². The van der Waals surface area contributed by atoms with Gasteiger partial charge in [-0.3, -0.25) is 4.79 Å². The van der Waals surface area contributed by atoms with Crippen LogP contribution in [0.25, 0.3) is 16.8 Å². The quantitative estimate of drug-likeness (QED) is 0.302. The van der Waals surface area contributed by atoms with Gasteiger partial charge in [-0.2, -0.15) is 0 Å². The molecule has 0 aliphatic heterocycles. The Hall–Kier alpha value is -3.76. The Balaban J connectivity index is 1.69. The molecule has 2 heterocycles. The van der Waals surface area contributed by atoms with Crippen molar-refractivity contribution in [3.8, 4) is 11.3 Å². The van der Waals surface area contributed by atoms with E-state index in [0.717, 1.165) is 28.1 Å². The van der Waals surface area contributed by atoms with Crippen LogP contribution in [0.5, 0.6) is 0 Å². The molecule has 0 atom stereocenters. The highest BCUT2D eigenvalue weighted by atomic mass is 32.2. The van der Waals surface area contributed by atoms with Gasteiger partial charge < -0.3 is 10.6 Å². The number of benzene rings is 2. The number of aromatic nitrogens is 3. The molecule has 0 saturated carbocycles. The summed E-state index contributed by atoms with van der Waals surface area (Å²) in [6.45, 7) is 13.2. The van der Waals surface area contributed by atoms with Crippen LogP contribution in [0, 0.1) is 0 Å². The summed E-state index contributed by atoms with van der Waals surface area (Å²) in [7, 11) is -3.69. The number of carbonyl (C=O) groups excluding carboxylic acids is 1. The number of nitrogens with zero attached hydrogens (tertiary/aromatic N) is 3. The first kappa shape index (κ1) is 27.3. The summed E-state index contributed by atoms with van der Waals surface area (Å²) in [5.41, 5.74) is 3.88. The molecule has 200 valence electrons. The van der Waals surface area contributed by atoms with E-state index in [0.29, 0.717) is 11.5 Å². The zero-order chi connectivity index (χ0) is 27.9. The molecule has 0 aliphatic rings. The fourth-order valence-electron chi connectivity index (χ4n) is 4.16. The van der Waals surface area contributed by atoms with Crippen molar-refractivity contribution in [2.24, 2.45) is 0 Å². The molecule has 9 nitrogen and oxygen atoms in total. The first-order valence-electron chi connectivity index (χ1n) is 12.3. The van der Waals surface area contributed by atoms with E-state index in [1.807, 2.05) is 36.4 Å². The number of fused-ring (bicyclic) bond motifs is 1. The molecule has 10 heteroatoms. The number of rotatable bonds is 6. The average molecular weight is 535 g/mol. The van der Waals surface area contributed by atoms with E-state index in [9.17, 15) is 13.2 Å². The molecule has 0 unspecified atom stereocenters. The molecular formula is C28H34N6O3S. The molecular weight excluding hydrogens is 500 g/mol. The second kappa shape index (κ2) is 9.85. The van der Waals surface area contributed by atoms with E-state index in [2.05, 4.69) is 46.2 Å². The van der Waals surface area contributed by atoms with Crippen LogP contribution in [0.4, 0.5) is 17.3 Å². The van der Waals surface area contributed by atoms with Gasteiger partial charge in [0.05, 0.1) is 22.3 Å². The Morgan fingerprint density at radius 3 is 2.34 bits per heavy atom.